The third-order valence-corrected chi connectivity index (χ3v) is 3.09. The van der Waals surface area contributed by atoms with Crippen molar-refractivity contribution < 1.29 is 19.4 Å². The highest BCUT2D eigenvalue weighted by atomic mass is 16.5. The Balaban J connectivity index is 2.00. The third kappa shape index (κ3) is 5.80. The van der Waals surface area contributed by atoms with Crippen molar-refractivity contribution in [1.82, 2.24) is 10.3 Å². The van der Waals surface area contributed by atoms with Gasteiger partial charge in [0.05, 0.1) is 5.97 Å². The van der Waals surface area contributed by atoms with E-state index in [2.05, 4.69) is 10.3 Å². The van der Waals surface area contributed by atoms with Gasteiger partial charge in [-0.15, -0.1) is 0 Å². The Labute approximate surface area is 144 Å². The van der Waals surface area contributed by atoms with Gasteiger partial charge in [0.2, 0.25) is 0 Å². The van der Waals surface area contributed by atoms with Crippen molar-refractivity contribution in [2.45, 2.75) is 6.54 Å². The smallest absolute Gasteiger partial charge is 0.262 e. The zero-order chi connectivity index (χ0) is 18.1. The predicted molar refractivity (Wildman–Crippen MR) is 86.6 cm³/mol. The van der Waals surface area contributed by atoms with Crippen LogP contribution in [0.2, 0.25) is 0 Å². The molecule has 0 atom stereocenters. The lowest BCUT2D eigenvalue weighted by molar-refractivity contribution is -0.307. The Morgan fingerprint density at radius 3 is 2.64 bits per heavy atom. The number of amides is 1. The minimum absolute atomic E-state index is 0.0488. The number of pyridine rings is 1. The van der Waals surface area contributed by atoms with E-state index in [1.54, 1.807) is 30.6 Å². The number of rotatable bonds is 7. The van der Waals surface area contributed by atoms with Crippen molar-refractivity contribution in [3.8, 4) is 11.8 Å². The molecule has 0 fully saturated rings. The molecule has 126 valence electrons. The van der Waals surface area contributed by atoms with Crippen molar-refractivity contribution >= 4 is 18.0 Å². The van der Waals surface area contributed by atoms with Gasteiger partial charge in [-0.3, -0.25) is 9.78 Å². The van der Waals surface area contributed by atoms with Gasteiger partial charge in [-0.2, -0.15) is 5.26 Å². The van der Waals surface area contributed by atoms with Crippen LogP contribution in [0.1, 0.15) is 11.1 Å². The fourth-order valence-corrected chi connectivity index (χ4v) is 1.90. The second kappa shape index (κ2) is 8.84. The van der Waals surface area contributed by atoms with E-state index < -0.39 is 18.5 Å². The summed E-state index contributed by atoms with van der Waals surface area (Å²) in [6, 6.07) is 11.7. The molecule has 0 unspecified atom stereocenters. The number of hydrogen-bond acceptors (Lipinski definition) is 6. The monoisotopic (exact) mass is 336 g/mol. The average molecular weight is 336 g/mol. The van der Waals surface area contributed by atoms with Gasteiger partial charge in [0.15, 0.2) is 0 Å². The Bertz CT molecular complexity index is 808. The largest absolute Gasteiger partial charge is 0.546 e. The van der Waals surface area contributed by atoms with E-state index >= 15 is 0 Å². The van der Waals surface area contributed by atoms with Gasteiger partial charge in [-0.05, 0) is 35.4 Å². The first-order valence-corrected chi connectivity index (χ1v) is 7.30. The predicted octanol–water partition coefficient (Wildman–Crippen LogP) is 0.434. The van der Waals surface area contributed by atoms with Gasteiger partial charge in [0.1, 0.15) is 24.0 Å². The summed E-state index contributed by atoms with van der Waals surface area (Å²) in [6.07, 6.45) is 4.69. The van der Waals surface area contributed by atoms with Gasteiger partial charge in [-0.25, -0.2) is 0 Å². The maximum Gasteiger partial charge on any atom is 0.262 e. The van der Waals surface area contributed by atoms with Crippen LogP contribution in [-0.4, -0.2) is 23.5 Å². The van der Waals surface area contributed by atoms with Gasteiger partial charge in [0.25, 0.3) is 5.91 Å². The number of aromatic nitrogens is 1. The molecular weight excluding hydrogens is 322 g/mol. The first kappa shape index (κ1) is 17.7. The Hall–Kier alpha value is -3.66. The molecule has 0 saturated carbocycles. The van der Waals surface area contributed by atoms with Crippen LogP contribution in [-0.2, 0) is 16.1 Å². The minimum atomic E-state index is -1.32. The minimum Gasteiger partial charge on any atom is -0.546 e. The van der Waals surface area contributed by atoms with Crippen molar-refractivity contribution in [3.63, 3.8) is 0 Å². The molecule has 7 nitrogen and oxygen atoms in total. The van der Waals surface area contributed by atoms with Crippen molar-refractivity contribution in [2.24, 2.45) is 0 Å². The zero-order valence-corrected chi connectivity index (χ0v) is 13.1. The molecule has 25 heavy (non-hydrogen) atoms. The molecule has 0 aliphatic heterocycles. The molecule has 1 amide bonds. The van der Waals surface area contributed by atoms with Gasteiger partial charge < -0.3 is 20.0 Å². The quantitative estimate of drug-likeness (QED) is 0.579. The number of nitrogens with zero attached hydrogens (tertiary/aromatic N) is 2. The molecule has 0 spiro atoms. The highest BCUT2D eigenvalue weighted by Gasteiger charge is 2.08. The molecule has 0 bridgehead atoms. The standard InChI is InChI=1S/C18H15N3O4/c19-9-15(18(24)21-11-14-2-1-7-20-10-14)8-13-3-5-16(6-4-13)25-12-17(22)23/h1-8,10H,11-12H2,(H,21,24)(H,22,23)/p-1/b15-8+. The van der Waals surface area contributed by atoms with E-state index in [1.807, 2.05) is 12.1 Å². The van der Waals surface area contributed by atoms with Gasteiger partial charge in [0, 0.05) is 18.9 Å². The number of carboxylic acids is 1. The number of hydrogen-bond donors (Lipinski definition) is 1. The summed E-state index contributed by atoms with van der Waals surface area (Å²) < 4.78 is 4.96. The van der Waals surface area contributed by atoms with Gasteiger partial charge >= 0.3 is 0 Å². The molecule has 0 radical (unpaired) electrons. The Morgan fingerprint density at radius 2 is 2.04 bits per heavy atom. The number of nitriles is 1. The second-order valence-corrected chi connectivity index (χ2v) is 4.94. The summed E-state index contributed by atoms with van der Waals surface area (Å²) in [4.78, 5) is 26.4. The maximum atomic E-state index is 12.1. The molecule has 1 N–H and O–H groups in total. The fourth-order valence-electron chi connectivity index (χ4n) is 1.90. The molecule has 1 aromatic heterocycles. The van der Waals surface area contributed by atoms with Crippen LogP contribution in [0, 0.1) is 11.3 Å². The first-order chi connectivity index (χ1) is 12.1. The van der Waals surface area contributed by atoms with Crippen molar-refractivity contribution in [3.05, 3.63) is 65.5 Å². The van der Waals surface area contributed by atoms with Crippen molar-refractivity contribution in [1.29, 1.82) is 5.26 Å². The van der Waals surface area contributed by atoms with Crippen LogP contribution < -0.4 is 15.2 Å². The van der Waals surface area contributed by atoms with E-state index in [0.29, 0.717) is 11.3 Å². The number of nitrogens with one attached hydrogen (secondary N) is 1. The zero-order valence-electron chi connectivity index (χ0n) is 13.1. The molecule has 2 aromatic rings. The number of carboxylic acid groups (broad SMARTS) is 1. The molecule has 1 aromatic carbocycles. The molecule has 2 rings (SSSR count). The highest BCUT2D eigenvalue weighted by molar-refractivity contribution is 6.01. The lowest BCUT2D eigenvalue weighted by Gasteiger charge is -2.07. The lowest BCUT2D eigenvalue weighted by atomic mass is 10.1. The number of carbonyl (C=O) groups is 2. The average Bonchev–Trinajstić information content (AvgIpc) is 2.64. The van der Waals surface area contributed by atoms with E-state index in [4.69, 9.17) is 10.00 Å². The van der Waals surface area contributed by atoms with E-state index in [9.17, 15) is 14.7 Å². The van der Waals surface area contributed by atoms with Gasteiger partial charge in [-0.1, -0.05) is 18.2 Å². The highest BCUT2D eigenvalue weighted by Crippen LogP contribution is 2.14. The second-order valence-electron chi connectivity index (χ2n) is 4.94. The Kier molecular flexibility index (Phi) is 6.25. The first-order valence-electron chi connectivity index (χ1n) is 7.30. The van der Waals surface area contributed by atoms with Crippen LogP contribution in [0.5, 0.6) is 5.75 Å². The van der Waals surface area contributed by atoms with Crippen molar-refractivity contribution in [2.75, 3.05) is 6.61 Å². The van der Waals surface area contributed by atoms with E-state index in [0.717, 1.165) is 5.56 Å². The summed E-state index contributed by atoms with van der Waals surface area (Å²) in [5, 5.41) is 22.1. The van der Waals surface area contributed by atoms with Crippen LogP contribution in [0.3, 0.4) is 0 Å². The normalized spacial score (nSPS) is 10.6. The van der Waals surface area contributed by atoms with Crippen LogP contribution in [0.25, 0.3) is 6.08 Å². The number of benzene rings is 1. The van der Waals surface area contributed by atoms with E-state index in [1.165, 1.54) is 18.2 Å². The summed E-state index contributed by atoms with van der Waals surface area (Å²) in [5.74, 6) is -1.47. The number of carbonyl (C=O) groups excluding carboxylic acids is 2. The summed E-state index contributed by atoms with van der Waals surface area (Å²) in [7, 11) is 0. The fraction of sp³-hybridized carbons (Fsp3) is 0.111. The van der Waals surface area contributed by atoms with Crippen LogP contribution in [0.15, 0.2) is 54.4 Å². The summed E-state index contributed by atoms with van der Waals surface area (Å²) in [6.45, 7) is -0.281. The number of aliphatic carboxylic acids is 1. The molecule has 1 heterocycles. The molecular formula is C18H14N3O4-. The summed E-state index contributed by atoms with van der Waals surface area (Å²) >= 11 is 0. The lowest BCUT2D eigenvalue weighted by Crippen LogP contribution is -2.28. The molecule has 0 aliphatic rings. The van der Waals surface area contributed by atoms with Crippen LogP contribution >= 0.6 is 0 Å². The molecule has 0 aliphatic carbocycles. The SMILES string of the molecule is N#C/C(=C\c1ccc(OCC(=O)[O-])cc1)C(=O)NCc1cccnc1. The Morgan fingerprint density at radius 1 is 1.28 bits per heavy atom. The number of ether oxygens (including phenoxy) is 1. The van der Waals surface area contributed by atoms with Crippen LogP contribution in [0.4, 0.5) is 0 Å². The topological polar surface area (TPSA) is 115 Å². The third-order valence-electron chi connectivity index (χ3n) is 3.09. The molecule has 7 heteroatoms. The summed E-state index contributed by atoms with van der Waals surface area (Å²) in [5.41, 5.74) is 1.38. The maximum absolute atomic E-state index is 12.1. The van der Waals surface area contributed by atoms with E-state index in [-0.39, 0.29) is 12.1 Å². The molecule has 0 saturated heterocycles.